The van der Waals surface area contributed by atoms with Crippen LogP contribution in [0.1, 0.15) is 33.1 Å². The molecule has 0 bridgehead atoms. The molecule has 0 aromatic carbocycles. The maximum atomic E-state index is 11.9. The first-order chi connectivity index (χ1) is 7.54. The average molecular weight is 264 g/mol. The smallest absolute Gasteiger partial charge is 0.240 e. The fraction of sp³-hybridized carbons (Fsp3) is 0.818. The van der Waals surface area contributed by atoms with Gasteiger partial charge in [-0.05, 0) is 32.7 Å². The quantitative estimate of drug-likeness (QED) is 0.635. The monoisotopic (exact) mass is 263 g/mol. The third kappa shape index (κ3) is 5.37. The zero-order valence-electron chi connectivity index (χ0n) is 10.5. The summed E-state index contributed by atoms with van der Waals surface area (Å²) in [5.74, 6) is -0.0474. The lowest BCUT2D eigenvalue weighted by Gasteiger charge is -2.33. The van der Waals surface area contributed by atoms with Gasteiger partial charge >= 0.3 is 0 Å². The van der Waals surface area contributed by atoms with Gasteiger partial charge in [0.15, 0.2) is 0 Å². The Bertz CT molecular complexity index is 265. The van der Waals surface area contributed by atoms with Gasteiger partial charge in [0.1, 0.15) is 0 Å². The Kier molecular flexibility index (Phi) is 7.15. The Balaban J connectivity index is 0.00000256. The molecule has 1 aliphatic rings. The second-order valence-corrected chi connectivity index (χ2v) is 4.45. The topological polar surface area (TPSA) is 70.2 Å². The summed E-state index contributed by atoms with van der Waals surface area (Å²) < 4.78 is 0. The SMILES string of the molecule is CC(=O)NCCNC(=O)C1(C)CCCCN1.Cl. The molecule has 1 heterocycles. The van der Waals surface area contributed by atoms with E-state index in [9.17, 15) is 9.59 Å². The van der Waals surface area contributed by atoms with Crippen molar-refractivity contribution in [1.82, 2.24) is 16.0 Å². The van der Waals surface area contributed by atoms with E-state index < -0.39 is 5.54 Å². The number of rotatable bonds is 4. The van der Waals surface area contributed by atoms with Crippen molar-refractivity contribution in [2.24, 2.45) is 0 Å². The van der Waals surface area contributed by atoms with Crippen LogP contribution < -0.4 is 16.0 Å². The van der Waals surface area contributed by atoms with Gasteiger partial charge in [-0.25, -0.2) is 0 Å². The van der Waals surface area contributed by atoms with E-state index >= 15 is 0 Å². The lowest BCUT2D eigenvalue weighted by molar-refractivity contribution is -0.128. The van der Waals surface area contributed by atoms with Crippen molar-refractivity contribution in [3.63, 3.8) is 0 Å². The number of piperidine rings is 1. The minimum atomic E-state index is -0.436. The standard InChI is InChI=1S/C11H21N3O2.ClH/c1-9(15)12-7-8-13-10(16)11(2)5-3-4-6-14-11;/h14H,3-8H2,1-2H3,(H,12,15)(H,13,16);1H. The molecule has 0 aromatic rings. The third-order valence-electron chi connectivity index (χ3n) is 2.90. The largest absolute Gasteiger partial charge is 0.355 e. The number of halogens is 1. The van der Waals surface area contributed by atoms with E-state index in [1.165, 1.54) is 6.92 Å². The lowest BCUT2D eigenvalue weighted by atomic mass is 9.90. The molecular weight excluding hydrogens is 242 g/mol. The highest BCUT2D eigenvalue weighted by molar-refractivity contribution is 5.86. The summed E-state index contributed by atoms with van der Waals surface area (Å²) in [6.45, 7) is 5.26. The first kappa shape index (κ1) is 16.2. The van der Waals surface area contributed by atoms with Crippen LogP contribution in [-0.4, -0.2) is 37.0 Å². The van der Waals surface area contributed by atoms with E-state index in [0.29, 0.717) is 13.1 Å². The number of hydrogen-bond acceptors (Lipinski definition) is 3. The number of hydrogen-bond donors (Lipinski definition) is 3. The van der Waals surface area contributed by atoms with Crippen molar-refractivity contribution in [3.8, 4) is 0 Å². The van der Waals surface area contributed by atoms with E-state index in [-0.39, 0.29) is 24.2 Å². The van der Waals surface area contributed by atoms with E-state index in [1.807, 2.05) is 6.92 Å². The zero-order valence-corrected chi connectivity index (χ0v) is 11.3. The second-order valence-electron chi connectivity index (χ2n) is 4.45. The molecule has 17 heavy (non-hydrogen) atoms. The number of carbonyl (C=O) groups excluding carboxylic acids is 2. The van der Waals surface area contributed by atoms with Gasteiger partial charge < -0.3 is 16.0 Å². The predicted octanol–water partition coefficient (Wildman–Crippen LogP) is 0.193. The average Bonchev–Trinajstić information content (AvgIpc) is 2.25. The van der Waals surface area contributed by atoms with E-state index in [2.05, 4.69) is 16.0 Å². The fourth-order valence-corrected chi connectivity index (χ4v) is 1.86. The Morgan fingerprint density at radius 2 is 1.88 bits per heavy atom. The van der Waals surface area contributed by atoms with Gasteiger partial charge in [0.25, 0.3) is 0 Å². The van der Waals surface area contributed by atoms with Crippen molar-refractivity contribution in [3.05, 3.63) is 0 Å². The maximum absolute atomic E-state index is 11.9. The minimum absolute atomic E-state index is 0. The van der Waals surface area contributed by atoms with Crippen LogP contribution in [0.25, 0.3) is 0 Å². The molecule has 100 valence electrons. The molecular formula is C11H22ClN3O2. The summed E-state index contributed by atoms with van der Waals surface area (Å²) in [7, 11) is 0. The van der Waals surface area contributed by atoms with Gasteiger partial charge in [-0.2, -0.15) is 0 Å². The first-order valence-electron chi connectivity index (χ1n) is 5.82. The van der Waals surface area contributed by atoms with Crippen LogP contribution in [0.3, 0.4) is 0 Å². The molecule has 2 amide bonds. The van der Waals surface area contributed by atoms with Gasteiger partial charge in [-0.15, -0.1) is 12.4 Å². The molecule has 6 heteroatoms. The molecule has 0 aliphatic carbocycles. The highest BCUT2D eigenvalue weighted by Gasteiger charge is 2.33. The van der Waals surface area contributed by atoms with Gasteiger partial charge in [-0.3, -0.25) is 9.59 Å². The third-order valence-corrected chi connectivity index (χ3v) is 2.90. The number of carbonyl (C=O) groups is 2. The summed E-state index contributed by atoms with van der Waals surface area (Å²) >= 11 is 0. The zero-order chi connectivity index (χ0) is 12.0. The van der Waals surface area contributed by atoms with E-state index in [1.54, 1.807) is 0 Å². The molecule has 1 saturated heterocycles. The molecule has 0 aromatic heterocycles. The Morgan fingerprint density at radius 3 is 2.41 bits per heavy atom. The Hall–Kier alpha value is -0.810. The van der Waals surface area contributed by atoms with Crippen LogP contribution in [0.2, 0.25) is 0 Å². The summed E-state index contributed by atoms with van der Waals surface area (Å²) in [4.78, 5) is 22.5. The van der Waals surface area contributed by atoms with Gasteiger partial charge in [-0.1, -0.05) is 0 Å². The van der Waals surface area contributed by atoms with Crippen LogP contribution in [0.4, 0.5) is 0 Å². The molecule has 0 saturated carbocycles. The highest BCUT2D eigenvalue weighted by Crippen LogP contribution is 2.18. The molecule has 3 N–H and O–H groups in total. The minimum Gasteiger partial charge on any atom is -0.355 e. The molecule has 1 aliphatic heterocycles. The van der Waals surface area contributed by atoms with E-state index in [4.69, 9.17) is 0 Å². The molecule has 0 spiro atoms. The molecule has 1 unspecified atom stereocenters. The molecule has 5 nitrogen and oxygen atoms in total. The molecule has 1 rings (SSSR count). The number of amides is 2. The predicted molar refractivity (Wildman–Crippen MR) is 69.2 cm³/mol. The Labute approximate surface area is 109 Å². The maximum Gasteiger partial charge on any atom is 0.240 e. The number of nitrogens with one attached hydrogen (secondary N) is 3. The summed E-state index contributed by atoms with van der Waals surface area (Å²) in [6, 6.07) is 0. The Morgan fingerprint density at radius 1 is 1.24 bits per heavy atom. The van der Waals surface area contributed by atoms with Gasteiger partial charge in [0.05, 0.1) is 5.54 Å². The summed E-state index contributed by atoms with van der Waals surface area (Å²) in [5.41, 5.74) is -0.436. The first-order valence-corrected chi connectivity index (χ1v) is 5.82. The normalized spacial score (nSPS) is 23.4. The van der Waals surface area contributed by atoms with Crippen LogP contribution in [0.5, 0.6) is 0 Å². The molecule has 0 radical (unpaired) electrons. The van der Waals surface area contributed by atoms with Crippen molar-refractivity contribution in [2.45, 2.75) is 38.6 Å². The molecule has 1 fully saturated rings. The van der Waals surface area contributed by atoms with Gasteiger partial charge in [0.2, 0.25) is 11.8 Å². The van der Waals surface area contributed by atoms with Crippen molar-refractivity contribution in [2.75, 3.05) is 19.6 Å². The lowest BCUT2D eigenvalue weighted by Crippen LogP contribution is -2.57. The second kappa shape index (κ2) is 7.50. The van der Waals surface area contributed by atoms with Gasteiger partial charge in [0, 0.05) is 20.0 Å². The van der Waals surface area contributed by atoms with Crippen molar-refractivity contribution < 1.29 is 9.59 Å². The van der Waals surface area contributed by atoms with Crippen molar-refractivity contribution >= 4 is 24.2 Å². The summed E-state index contributed by atoms with van der Waals surface area (Å²) in [6.07, 6.45) is 3.09. The van der Waals surface area contributed by atoms with Crippen LogP contribution in [-0.2, 0) is 9.59 Å². The van der Waals surface area contributed by atoms with Crippen LogP contribution in [0.15, 0.2) is 0 Å². The molecule has 1 atom stereocenters. The fourth-order valence-electron chi connectivity index (χ4n) is 1.86. The van der Waals surface area contributed by atoms with E-state index in [0.717, 1.165) is 25.8 Å². The summed E-state index contributed by atoms with van der Waals surface area (Å²) in [5, 5.41) is 8.72. The van der Waals surface area contributed by atoms with Crippen LogP contribution >= 0.6 is 12.4 Å². The van der Waals surface area contributed by atoms with Crippen LogP contribution in [0, 0.1) is 0 Å². The van der Waals surface area contributed by atoms with Crippen molar-refractivity contribution in [1.29, 1.82) is 0 Å². The highest BCUT2D eigenvalue weighted by atomic mass is 35.5.